The maximum absolute atomic E-state index is 11.7. The minimum atomic E-state index is -0.140. The van der Waals surface area contributed by atoms with Crippen LogP contribution in [0.15, 0.2) is 0 Å². The lowest BCUT2D eigenvalue weighted by Crippen LogP contribution is -2.50. The highest BCUT2D eigenvalue weighted by Crippen LogP contribution is 2.14. The third-order valence-electron chi connectivity index (χ3n) is 2.90. The number of piperidine rings is 1. The van der Waals surface area contributed by atoms with Gasteiger partial charge in [0.2, 0.25) is 11.8 Å². The van der Waals surface area contributed by atoms with Gasteiger partial charge >= 0.3 is 0 Å². The molecule has 2 amide bonds. The monoisotopic (exact) mass is 227 g/mol. The molecule has 0 bridgehead atoms. The van der Waals surface area contributed by atoms with Crippen LogP contribution < -0.4 is 10.6 Å². The van der Waals surface area contributed by atoms with Crippen molar-refractivity contribution in [1.29, 1.82) is 0 Å². The molecule has 1 fully saturated rings. The van der Waals surface area contributed by atoms with Crippen LogP contribution in [0.5, 0.6) is 0 Å². The van der Waals surface area contributed by atoms with Crippen LogP contribution in [-0.4, -0.2) is 49.9 Å². The second kappa shape index (κ2) is 5.84. The van der Waals surface area contributed by atoms with E-state index in [9.17, 15) is 9.59 Å². The van der Waals surface area contributed by atoms with Gasteiger partial charge in [-0.25, -0.2) is 0 Å². The molecular formula is C11H21N3O2. The Balaban J connectivity index is 2.32. The van der Waals surface area contributed by atoms with Crippen LogP contribution in [0.3, 0.4) is 0 Å². The van der Waals surface area contributed by atoms with Gasteiger partial charge in [-0.3, -0.25) is 9.59 Å². The van der Waals surface area contributed by atoms with Crippen LogP contribution in [0.25, 0.3) is 0 Å². The molecule has 1 rings (SSSR count). The van der Waals surface area contributed by atoms with Crippen molar-refractivity contribution >= 4 is 11.8 Å². The molecule has 1 heterocycles. The van der Waals surface area contributed by atoms with Gasteiger partial charge in [-0.1, -0.05) is 6.92 Å². The second-order valence-electron chi connectivity index (χ2n) is 4.64. The Bertz CT molecular complexity index is 266. The van der Waals surface area contributed by atoms with Crippen molar-refractivity contribution in [2.24, 2.45) is 5.92 Å². The highest BCUT2D eigenvalue weighted by molar-refractivity contribution is 5.87. The minimum absolute atomic E-state index is 0.0678. The van der Waals surface area contributed by atoms with E-state index >= 15 is 0 Å². The average molecular weight is 227 g/mol. The molecule has 1 saturated heterocycles. The zero-order valence-corrected chi connectivity index (χ0v) is 10.2. The Hall–Kier alpha value is -1.10. The number of nitrogens with one attached hydrogen (secondary N) is 2. The lowest BCUT2D eigenvalue weighted by atomic mass is 9.94. The molecule has 5 nitrogen and oxygen atoms in total. The van der Waals surface area contributed by atoms with Crippen molar-refractivity contribution in [2.45, 2.75) is 25.8 Å². The molecule has 2 unspecified atom stereocenters. The molecule has 1 aliphatic rings. The average Bonchev–Trinajstić information content (AvgIpc) is 2.25. The molecular weight excluding hydrogens is 206 g/mol. The number of rotatable bonds is 3. The fourth-order valence-electron chi connectivity index (χ4n) is 1.75. The first-order chi connectivity index (χ1) is 7.50. The van der Waals surface area contributed by atoms with Crippen molar-refractivity contribution in [3.8, 4) is 0 Å². The van der Waals surface area contributed by atoms with E-state index in [0.717, 1.165) is 19.4 Å². The molecule has 5 heteroatoms. The summed E-state index contributed by atoms with van der Waals surface area (Å²) in [6.07, 6.45) is 1.96. The molecule has 0 radical (unpaired) electrons. The third kappa shape index (κ3) is 3.81. The molecule has 92 valence electrons. The van der Waals surface area contributed by atoms with E-state index in [1.807, 2.05) is 0 Å². The SMILES string of the molecule is CC1CCNC(C(=O)NCC(=O)N(C)C)C1. The number of likely N-dealkylation sites (N-methyl/N-ethyl adjacent to an activating group) is 1. The Morgan fingerprint density at radius 1 is 1.44 bits per heavy atom. The zero-order chi connectivity index (χ0) is 12.1. The maximum atomic E-state index is 11.7. The zero-order valence-electron chi connectivity index (χ0n) is 10.2. The molecule has 0 saturated carbocycles. The molecule has 0 aliphatic carbocycles. The highest BCUT2D eigenvalue weighted by atomic mass is 16.2. The number of amides is 2. The van der Waals surface area contributed by atoms with Gasteiger partial charge in [0.1, 0.15) is 0 Å². The number of hydrogen-bond donors (Lipinski definition) is 2. The summed E-state index contributed by atoms with van der Waals surface area (Å²) in [5, 5.41) is 5.83. The summed E-state index contributed by atoms with van der Waals surface area (Å²) in [5.41, 5.74) is 0. The second-order valence-corrected chi connectivity index (χ2v) is 4.64. The van der Waals surface area contributed by atoms with Crippen molar-refractivity contribution in [3.63, 3.8) is 0 Å². The largest absolute Gasteiger partial charge is 0.347 e. The van der Waals surface area contributed by atoms with Crippen molar-refractivity contribution in [3.05, 3.63) is 0 Å². The summed E-state index contributed by atoms with van der Waals surface area (Å²) in [7, 11) is 3.35. The maximum Gasteiger partial charge on any atom is 0.241 e. The van der Waals surface area contributed by atoms with Crippen LogP contribution >= 0.6 is 0 Å². The first-order valence-corrected chi connectivity index (χ1v) is 5.72. The summed E-state index contributed by atoms with van der Waals surface area (Å²) in [6.45, 7) is 3.10. The lowest BCUT2D eigenvalue weighted by Gasteiger charge is -2.27. The van der Waals surface area contributed by atoms with Crippen molar-refractivity contribution < 1.29 is 9.59 Å². The molecule has 2 atom stereocenters. The summed E-state index contributed by atoms with van der Waals surface area (Å²) >= 11 is 0. The molecule has 1 aliphatic heterocycles. The van der Waals surface area contributed by atoms with Gasteiger partial charge < -0.3 is 15.5 Å². The van der Waals surface area contributed by atoms with Crippen LogP contribution in [0.2, 0.25) is 0 Å². The lowest BCUT2D eigenvalue weighted by molar-refractivity contribution is -0.131. The predicted octanol–water partition coefficient (Wildman–Crippen LogP) is -0.421. The van der Waals surface area contributed by atoms with Crippen LogP contribution in [-0.2, 0) is 9.59 Å². The topological polar surface area (TPSA) is 61.4 Å². The highest BCUT2D eigenvalue weighted by Gasteiger charge is 2.24. The van der Waals surface area contributed by atoms with Gasteiger partial charge in [-0.05, 0) is 25.3 Å². The molecule has 0 aromatic rings. The third-order valence-corrected chi connectivity index (χ3v) is 2.90. The Labute approximate surface area is 96.6 Å². The quantitative estimate of drug-likeness (QED) is 0.688. The molecule has 0 spiro atoms. The van der Waals surface area contributed by atoms with E-state index in [1.165, 1.54) is 4.90 Å². The first kappa shape index (κ1) is 13.0. The Kier molecular flexibility index (Phi) is 4.73. The molecule has 2 N–H and O–H groups in total. The first-order valence-electron chi connectivity index (χ1n) is 5.72. The Morgan fingerprint density at radius 2 is 2.12 bits per heavy atom. The van der Waals surface area contributed by atoms with Crippen LogP contribution in [0, 0.1) is 5.92 Å². The van der Waals surface area contributed by atoms with Gasteiger partial charge in [0.25, 0.3) is 0 Å². The minimum Gasteiger partial charge on any atom is -0.347 e. The van der Waals surface area contributed by atoms with Crippen molar-refractivity contribution in [1.82, 2.24) is 15.5 Å². The Morgan fingerprint density at radius 3 is 2.69 bits per heavy atom. The predicted molar refractivity (Wildman–Crippen MR) is 61.9 cm³/mol. The normalized spacial score (nSPS) is 24.9. The van der Waals surface area contributed by atoms with Gasteiger partial charge in [-0.2, -0.15) is 0 Å². The number of nitrogens with zero attached hydrogens (tertiary/aromatic N) is 1. The fourth-order valence-corrected chi connectivity index (χ4v) is 1.75. The van der Waals surface area contributed by atoms with E-state index < -0.39 is 0 Å². The van der Waals surface area contributed by atoms with Crippen LogP contribution in [0.4, 0.5) is 0 Å². The van der Waals surface area contributed by atoms with E-state index in [1.54, 1.807) is 14.1 Å². The van der Waals surface area contributed by atoms with Gasteiger partial charge in [0.15, 0.2) is 0 Å². The van der Waals surface area contributed by atoms with Gasteiger partial charge in [0.05, 0.1) is 12.6 Å². The summed E-state index contributed by atoms with van der Waals surface area (Å²) < 4.78 is 0. The number of hydrogen-bond acceptors (Lipinski definition) is 3. The van der Waals surface area contributed by atoms with Gasteiger partial charge in [0, 0.05) is 14.1 Å². The molecule has 16 heavy (non-hydrogen) atoms. The van der Waals surface area contributed by atoms with Gasteiger partial charge in [-0.15, -0.1) is 0 Å². The van der Waals surface area contributed by atoms with E-state index in [0.29, 0.717) is 5.92 Å². The molecule has 0 aromatic carbocycles. The van der Waals surface area contributed by atoms with E-state index in [-0.39, 0.29) is 24.4 Å². The fraction of sp³-hybridized carbons (Fsp3) is 0.818. The summed E-state index contributed by atoms with van der Waals surface area (Å²) in [6, 6.07) is -0.140. The number of carbonyl (C=O) groups excluding carboxylic acids is 2. The van der Waals surface area contributed by atoms with E-state index in [4.69, 9.17) is 0 Å². The standard InChI is InChI=1S/C11H21N3O2/c1-8-4-5-12-9(6-8)11(16)13-7-10(15)14(2)3/h8-9,12H,4-7H2,1-3H3,(H,13,16). The summed E-state index contributed by atoms with van der Waals surface area (Å²) in [5.74, 6) is 0.417. The summed E-state index contributed by atoms with van der Waals surface area (Å²) in [4.78, 5) is 24.5. The molecule has 0 aromatic heterocycles. The van der Waals surface area contributed by atoms with Crippen LogP contribution in [0.1, 0.15) is 19.8 Å². The number of carbonyl (C=O) groups is 2. The van der Waals surface area contributed by atoms with E-state index in [2.05, 4.69) is 17.6 Å². The van der Waals surface area contributed by atoms with Crippen molar-refractivity contribution in [2.75, 3.05) is 27.2 Å². The smallest absolute Gasteiger partial charge is 0.241 e.